The van der Waals surface area contributed by atoms with Crippen molar-refractivity contribution in [1.29, 1.82) is 0 Å². The predicted octanol–water partition coefficient (Wildman–Crippen LogP) is 2.03. The summed E-state index contributed by atoms with van der Waals surface area (Å²) in [6.07, 6.45) is 0. The number of rotatable bonds is 6. The number of amides is 2. The minimum Gasteiger partial charge on any atom is -0.492 e. The van der Waals surface area contributed by atoms with Crippen molar-refractivity contribution in [2.45, 2.75) is 0 Å². The first-order valence-corrected chi connectivity index (χ1v) is 7.70. The summed E-state index contributed by atoms with van der Waals surface area (Å²) in [5.41, 5.74) is 1.52. The van der Waals surface area contributed by atoms with Crippen molar-refractivity contribution in [1.82, 2.24) is 5.32 Å². The van der Waals surface area contributed by atoms with Gasteiger partial charge in [-0.05, 0) is 48.5 Å². The number of halogens is 1. The molecule has 25 heavy (non-hydrogen) atoms. The lowest BCUT2D eigenvalue weighted by Gasteiger charge is -2.13. The SMILES string of the molecule is CN(C)c1ccc(NC(=O)C(=O)NCCOc2ccc(F)cc2)cc1. The molecule has 132 valence electrons. The van der Waals surface area contributed by atoms with E-state index in [0.29, 0.717) is 11.4 Å². The number of carbonyl (C=O) groups is 2. The van der Waals surface area contributed by atoms with E-state index >= 15 is 0 Å². The van der Waals surface area contributed by atoms with Gasteiger partial charge in [0.05, 0.1) is 6.54 Å². The van der Waals surface area contributed by atoms with Crippen LogP contribution in [0.15, 0.2) is 48.5 Å². The van der Waals surface area contributed by atoms with Gasteiger partial charge in [0.15, 0.2) is 0 Å². The molecule has 2 aromatic rings. The fourth-order valence-corrected chi connectivity index (χ4v) is 1.98. The van der Waals surface area contributed by atoms with Gasteiger partial charge in [-0.25, -0.2) is 4.39 Å². The second kappa shape index (κ2) is 8.68. The van der Waals surface area contributed by atoms with Crippen LogP contribution >= 0.6 is 0 Å². The number of anilines is 2. The van der Waals surface area contributed by atoms with Crippen LogP contribution in [-0.2, 0) is 9.59 Å². The van der Waals surface area contributed by atoms with Gasteiger partial charge in [0, 0.05) is 25.5 Å². The van der Waals surface area contributed by atoms with E-state index in [4.69, 9.17) is 4.74 Å². The van der Waals surface area contributed by atoms with E-state index in [0.717, 1.165) is 5.69 Å². The fourth-order valence-electron chi connectivity index (χ4n) is 1.98. The third-order valence-electron chi connectivity index (χ3n) is 3.32. The smallest absolute Gasteiger partial charge is 0.313 e. The first kappa shape index (κ1) is 18.3. The van der Waals surface area contributed by atoms with Crippen molar-refractivity contribution in [2.24, 2.45) is 0 Å². The summed E-state index contributed by atoms with van der Waals surface area (Å²) < 4.78 is 18.1. The average Bonchev–Trinajstić information content (AvgIpc) is 2.60. The van der Waals surface area contributed by atoms with Gasteiger partial charge >= 0.3 is 11.8 Å². The highest BCUT2D eigenvalue weighted by molar-refractivity contribution is 6.39. The topological polar surface area (TPSA) is 70.7 Å². The average molecular weight is 345 g/mol. The first-order chi connectivity index (χ1) is 12.0. The number of ether oxygens (including phenoxy) is 1. The minimum atomic E-state index is -0.751. The Morgan fingerprint density at radius 3 is 2.24 bits per heavy atom. The number of carbonyl (C=O) groups excluding carboxylic acids is 2. The summed E-state index contributed by atoms with van der Waals surface area (Å²) in [7, 11) is 3.82. The van der Waals surface area contributed by atoms with Gasteiger partial charge in [-0.1, -0.05) is 0 Å². The largest absolute Gasteiger partial charge is 0.492 e. The lowest BCUT2D eigenvalue weighted by atomic mass is 10.2. The highest BCUT2D eigenvalue weighted by Gasteiger charge is 2.13. The molecule has 0 spiro atoms. The molecule has 0 atom stereocenters. The van der Waals surface area contributed by atoms with Crippen LogP contribution in [0.4, 0.5) is 15.8 Å². The molecular weight excluding hydrogens is 325 g/mol. The van der Waals surface area contributed by atoms with Crippen LogP contribution in [0.25, 0.3) is 0 Å². The van der Waals surface area contributed by atoms with Crippen molar-refractivity contribution in [2.75, 3.05) is 37.5 Å². The number of hydrogen-bond acceptors (Lipinski definition) is 4. The molecule has 0 fully saturated rings. The molecule has 0 aromatic heterocycles. The lowest BCUT2D eigenvalue weighted by Crippen LogP contribution is -2.37. The maximum atomic E-state index is 12.8. The van der Waals surface area contributed by atoms with Gasteiger partial charge in [-0.15, -0.1) is 0 Å². The van der Waals surface area contributed by atoms with Gasteiger partial charge < -0.3 is 20.3 Å². The molecule has 2 rings (SSSR count). The van der Waals surface area contributed by atoms with Gasteiger partial charge in [0.25, 0.3) is 0 Å². The quantitative estimate of drug-likeness (QED) is 0.621. The summed E-state index contributed by atoms with van der Waals surface area (Å²) in [4.78, 5) is 25.5. The lowest BCUT2D eigenvalue weighted by molar-refractivity contribution is -0.136. The van der Waals surface area contributed by atoms with Crippen LogP contribution in [-0.4, -0.2) is 39.1 Å². The third kappa shape index (κ3) is 5.80. The minimum absolute atomic E-state index is 0.156. The molecule has 0 heterocycles. The van der Waals surface area contributed by atoms with Crippen LogP contribution in [0.2, 0.25) is 0 Å². The summed E-state index contributed by atoms with van der Waals surface area (Å²) in [6.45, 7) is 0.325. The molecule has 7 heteroatoms. The third-order valence-corrected chi connectivity index (χ3v) is 3.32. The molecule has 0 aliphatic rings. The Balaban J connectivity index is 1.72. The summed E-state index contributed by atoms with van der Waals surface area (Å²) in [5, 5.41) is 4.98. The van der Waals surface area contributed by atoms with Crippen molar-refractivity contribution in [3.05, 3.63) is 54.3 Å². The normalized spacial score (nSPS) is 10.0. The number of nitrogens with zero attached hydrogens (tertiary/aromatic N) is 1. The van der Waals surface area contributed by atoms with E-state index < -0.39 is 11.8 Å². The van der Waals surface area contributed by atoms with Crippen molar-refractivity contribution in [3.8, 4) is 5.75 Å². The van der Waals surface area contributed by atoms with Gasteiger partial charge in [-0.2, -0.15) is 0 Å². The zero-order valence-corrected chi connectivity index (χ0v) is 14.1. The zero-order chi connectivity index (χ0) is 18.2. The molecule has 0 saturated carbocycles. The predicted molar refractivity (Wildman–Crippen MR) is 94.3 cm³/mol. The van der Waals surface area contributed by atoms with Crippen LogP contribution < -0.4 is 20.3 Å². The van der Waals surface area contributed by atoms with Crippen molar-refractivity contribution in [3.63, 3.8) is 0 Å². The molecule has 2 N–H and O–H groups in total. The molecule has 0 radical (unpaired) electrons. The van der Waals surface area contributed by atoms with E-state index in [1.165, 1.54) is 24.3 Å². The zero-order valence-electron chi connectivity index (χ0n) is 14.1. The standard InChI is InChI=1S/C18H20FN3O3/c1-22(2)15-7-5-14(6-8-15)21-18(24)17(23)20-11-12-25-16-9-3-13(19)4-10-16/h3-10H,11-12H2,1-2H3,(H,20,23)(H,21,24). The van der Waals surface area contributed by atoms with Crippen molar-refractivity contribution < 1.29 is 18.7 Å². The molecule has 0 bridgehead atoms. The van der Waals surface area contributed by atoms with E-state index in [2.05, 4.69) is 10.6 Å². The van der Waals surface area contributed by atoms with E-state index in [1.807, 2.05) is 31.1 Å². The van der Waals surface area contributed by atoms with E-state index in [9.17, 15) is 14.0 Å². The van der Waals surface area contributed by atoms with Crippen LogP contribution in [0.1, 0.15) is 0 Å². The highest BCUT2D eigenvalue weighted by atomic mass is 19.1. The van der Waals surface area contributed by atoms with Gasteiger partial charge in [0.1, 0.15) is 18.2 Å². The Hall–Kier alpha value is -3.09. The molecule has 6 nitrogen and oxygen atoms in total. The monoisotopic (exact) mass is 345 g/mol. The van der Waals surface area contributed by atoms with Gasteiger partial charge in [-0.3, -0.25) is 9.59 Å². The van der Waals surface area contributed by atoms with Gasteiger partial charge in [0.2, 0.25) is 0 Å². The number of benzene rings is 2. The molecule has 0 saturated heterocycles. The molecule has 0 aliphatic heterocycles. The van der Waals surface area contributed by atoms with E-state index in [-0.39, 0.29) is 19.0 Å². The Morgan fingerprint density at radius 2 is 1.64 bits per heavy atom. The maximum absolute atomic E-state index is 12.8. The number of nitrogens with one attached hydrogen (secondary N) is 2. The van der Waals surface area contributed by atoms with Crippen LogP contribution in [0.5, 0.6) is 5.75 Å². The summed E-state index contributed by atoms with van der Waals surface area (Å²) >= 11 is 0. The second-order valence-corrected chi connectivity index (χ2v) is 5.45. The maximum Gasteiger partial charge on any atom is 0.313 e. The van der Waals surface area contributed by atoms with Crippen molar-refractivity contribution >= 4 is 23.2 Å². The van der Waals surface area contributed by atoms with E-state index in [1.54, 1.807) is 12.1 Å². The molecule has 2 aromatic carbocycles. The van der Waals surface area contributed by atoms with Crippen LogP contribution in [0.3, 0.4) is 0 Å². The Kier molecular flexibility index (Phi) is 6.33. The Morgan fingerprint density at radius 1 is 1.00 bits per heavy atom. The number of hydrogen-bond donors (Lipinski definition) is 2. The van der Waals surface area contributed by atoms with Crippen LogP contribution in [0, 0.1) is 5.82 Å². The Bertz CT molecular complexity index is 715. The fraction of sp³-hybridized carbons (Fsp3) is 0.222. The highest BCUT2D eigenvalue weighted by Crippen LogP contribution is 2.15. The summed E-state index contributed by atoms with van der Waals surface area (Å²) in [6, 6.07) is 12.7. The molecule has 0 aliphatic carbocycles. The summed E-state index contributed by atoms with van der Waals surface area (Å²) in [5.74, 6) is -1.37. The molecular formula is C18H20FN3O3. The second-order valence-electron chi connectivity index (χ2n) is 5.45. The Labute approximate surface area is 145 Å². The first-order valence-electron chi connectivity index (χ1n) is 7.70. The molecule has 0 unspecified atom stereocenters. The molecule has 2 amide bonds.